The Morgan fingerprint density at radius 2 is 1.65 bits per heavy atom. The van der Waals surface area contributed by atoms with Gasteiger partial charge in [0.15, 0.2) is 0 Å². The molecule has 1 aromatic carbocycles. The summed E-state index contributed by atoms with van der Waals surface area (Å²) in [5, 5.41) is 3.45. The van der Waals surface area contributed by atoms with Gasteiger partial charge < -0.3 is 10.1 Å². The summed E-state index contributed by atoms with van der Waals surface area (Å²) in [7, 11) is 0. The third-order valence-corrected chi connectivity index (χ3v) is 2.45. The highest BCUT2D eigenvalue weighted by Crippen LogP contribution is 2.17. The van der Waals surface area contributed by atoms with Gasteiger partial charge in [-0.1, -0.05) is 6.07 Å². The Labute approximate surface area is 105 Å². The summed E-state index contributed by atoms with van der Waals surface area (Å²) in [6, 6.07) is 6.33. The van der Waals surface area contributed by atoms with Crippen molar-refractivity contribution >= 4 is 0 Å². The molecule has 0 bridgehead atoms. The summed E-state index contributed by atoms with van der Waals surface area (Å²) < 4.78 is 5.91. The van der Waals surface area contributed by atoms with Crippen molar-refractivity contribution in [3.8, 4) is 5.75 Å². The van der Waals surface area contributed by atoms with Crippen LogP contribution in [0.1, 0.15) is 38.8 Å². The number of hydrogen-bond donors (Lipinski definition) is 1. The third kappa shape index (κ3) is 5.73. The number of benzene rings is 1. The number of rotatable bonds is 4. The third-order valence-electron chi connectivity index (χ3n) is 2.45. The molecule has 0 radical (unpaired) electrons. The van der Waals surface area contributed by atoms with Crippen molar-refractivity contribution < 1.29 is 4.74 Å². The highest BCUT2D eigenvalue weighted by Gasteiger charge is 2.12. The van der Waals surface area contributed by atoms with Gasteiger partial charge in [0.25, 0.3) is 0 Å². The zero-order chi connectivity index (χ0) is 13.1. The normalized spacial score (nSPS) is 13.5. The fourth-order valence-electron chi connectivity index (χ4n) is 1.72. The molecule has 2 heteroatoms. The van der Waals surface area contributed by atoms with E-state index in [1.807, 2.05) is 0 Å². The van der Waals surface area contributed by atoms with Crippen molar-refractivity contribution in [3.63, 3.8) is 0 Å². The van der Waals surface area contributed by atoms with Gasteiger partial charge in [0.1, 0.15) is 11.9 Å². The first-order valence-electron chi connectivity index (χ1n) is 6.26. The van der Waals surface area contributed by atoms with E-state index in [-0.39, 0.29) is 11.6 Å². The van der Waals surface area contributed by atoms with Crippen molar-refractivity contribution in [1.82, 2.24) is 5.32 Å². The Hall–Kier alpha value is -1.02. The fourth-order valence-corrected chi connectivity index (χ4v) is 1.72. The largest absolute Gasteiger partial charge is 0.489 e. The standard InChI is InChI=1S/C15H25NO/c1-11-7-12(2)9-14(8-11)17-13(3)10-16-15(4,5)6/h7-9,13,16H,10H2,1-6H3. The second-order valence-corrected chi connectivity index (χ2v) is 5.88. The van der Waals surface area contributed by atoms with Gasteiger partial charge in [-0.3, -0.25) is 0 Å². The maximum absolute atomic E-state index is 5.91. The van der Waals surface area contributed by atoms with Gasteiger partial charge in [-0.15, -0.1) is 0 Å². The summed E-state index contributed by atoms with van der Waals surface area (Å²) in [5.41, 5.74) is 2.63. The lowest BCUT2D eigenvalue weighted by atomic mass is 10.1. The van der Waals surface area contributed by atoms with Gasteiger partial charge >= 0.3 is 0 Å². The first kappa shape index (κ1) is 14.0. The maximum Gasteiger partial charge on any atom is 0.120 e. The molecule has 1 rings (SSSR count). The monoisotopic (exact) mass is 235 g/mol. The SMILES string of the molecule is Cc1cc(C)cc(OC(C)CNC(C)(C)C)c1. The highest BCUT2D eigenvalue weighted by molar-refractivity contribution is 5.33. The molecule has 17 heavy (non-hydrogen) atoms. The Kier molecular flexibility index (Phi) is 4.58. The number of nitrogens with one attached hydrogen (secondary N) is 1. The molecule has 0 aliphatic carbocycles. The minimum atomic E-state index is 0.139. The molecule has 0 spiro atoms. The van der Waals surface area contributed by atoms with Crippen molar-refractivity contribution in [2.75, 3.05) is 6.54 Å². The quantitative estimate of drug-likeness (QED) is 0.863. The van der Waals surface area contributed by atoms with Gasteiger partial charge in [0.05, 0.1) is 0 Å². The molecule has 0 saturated heterocycles. The molecule has 1 N–H and O–H groups in total. The minimum absolute atomic E-state index is 0.139. The van der Waals surface area contributed by atoms with Gasteiger partial charge in [-0.05, 0) is 64.8 Å². The van der Waals surface area contributed by atoms with Crippen molar-refractivity contribution in [1.29, 1.82) is 0 Å². The van der Waals surface area contributed by atoms with E-state index in [2.05, 4.69) is 65.1 Å². The van der Waals surface area contributed by atoms with E-state index in [1.165, 1.54) is 11.1 Å². The molecule has 0 heterocycles. The van der Waals surface area contributed by atoms with E-state index in [9.17, 15) is 0 Å². The maximum atomic E-state index is 5.91. The number of ether oxygens (including phenoxy) is 1. The molecule has 0 aromatic heterocycles. The molecule has 0 amide bonds. The topological polar surface area (TPSA) is 21.3 Å². The second-order valence-electron chi connectivity index (χ2n) is 5.88. The van der Waals surface area contributed by atoms with Crippen molar-refractivity contribution in [2.45, 2.75) is 53.2 Å². The molecule has 0 saturated carbocycles. The predicted octanol–water partition coefficient (Wildman–Crippen LogP) is 3.46. The number of hydrogen-bond acceptors (Lipinski definition) is 2. The Morgan fingerprint density at radius 3 is 2.12 bits per heavy atom. The molecular formula is C15H25NO. The van der Waals surface area contributed by atoms with E-state index in [1.54, 1.807) is 0 Å². The first-order valence-corrected chi connectivity index (χ1v) is 6.26. The summed E-state index contributed by atoms with van der Waals surface area (Å²) in [6.07, 6.45) is 0.176. The average molecular weight is 235 g/mol. The van der Waals surface area contributed by atoms with Gasteiger partial charge in [-0.2, -0.15) is 0 Å². The summed E-state index contributed by atoms with van der Waals surface area (Å²) in [4.78, 5) is 0. The van der Waals surface area contributed by atoms with Crippen molar-refractivity contribution in [3.05, 3.63) is 29.3 Å². The van der Waals surface area contributed by atoms with Gasteiger partial charge in [0, 0.05) is 12.1 Å². The summed E-state index contributed by atoms with van der Waals surface area (Å²) >= 11 is 0. The lowest BCUT2D eigenvalue weighted by molar-refractivity contribution is 0.203. The van der Waals surface area contributed by atoms with Crippen LogP contribution in [0.3, 0.4) is 0 Å². The minimum Gasteiger partial charge on any atom is -0.489 e. The number of aryl methyl sites for hydroxylation is 2. The average Bonchev–Trinajstić information content (AvgIpc) is 2.11. The molecule has 96 valence electrons. The van der Waals surface area contributed by atoms with E-state index in [0.29, 0.717) is 0 Å². The van der Waals surface area contributed by atoms with Crippen LogP contribution in [0.4, 0.5) is 0 Å². The van der Waals surface area contributed by atoms with E-state index in [4.69, 9.17) is 4.74 Å². The van der Waals surface area contributed by atoms with E-state index >= 15 is 0 Å². The molecule has 1 unspecified atom stereocenters. The van der Waals surface area contributed by atoms with Crippen LogP contribution in [0, 0.1) is 13.8 Å². The molecule has 0 aliphatic rings. The summed E-state index contributed by atoms with van der Waals surface area (Å²) in [5.74, 6) is 0.964. The Morgan fingerprint density at radius 1 is 1.12 bits per heavy atom. The van der Waals surface area contributed by atoms with Crippen LogP contribution >= 0.6 is 0 Å². The zero-order valence-electron chi connectivity index (χ0n) is 11.9. The molecule has 0 aliphatic heterocycles. The smallest absolute Gasteiger partial charge is 0.120 e. The molecular weight excluding hydrogens is 210 g/mol. The van der Waals surface area contributed by atoms with Crippen LogP contribution in [0.5, 0.6) is 5.75 Å². The Balaban J connectivity index is 2.53. The lowest BCUT2D eigenvalue weighted by Crippen LogP contribution is -2.41. The molecule has 2 nitrogen and oxygen atoms in total. The highest BCUT2D eigenvalue weighted by atomic mass is 16.5. The lowest BCUT2D eigenvalue weighted by Gasteiger charge is -2.24. The van der Waals surface area contributed by atoms with Gasteiger partial charge in [-0.25, -0.2) is 0 Å². The first-order chi connectivity index (χ1) is 7.76. The van der Waals surface area contributed by atoms with Gasteiger partial charge in [0.2, 0.25) is 0 Å². The zero-order valence-corrected chi connectivity index (χ0v) is 11.9. The van der Waals surface area contributed by atoms with Crippen LogP contribution in [0.2, 0.25) is 0 Å². The molecule has 1 atom stereocenters. The van der Waals surface area contributed by atoms with Crippen LogP contribution < -0.4 is 10.1 Å². The Bertz CT molecular complexity index is 345. The van der Waals surface area contributed by atoms with Crippen LogP contribution in [-0.2, 0) is 0 Å². The summed E-state index contributed by atoms with van der Waals surface area (Å²) in [6.45, 7) is 13.6. The van der Waals surface area contributed by atoms with Crippen LogP contribution in [-0.4, -0.2) is 18.2 Å². The second kappa shape index (κ2) is 5.54. The van der Waals surface area contributed by atoms with E-state index in [0.717, 1.165) is 12.3 Å². The molecule has 0 fully saturated rings. The molecule has 1 aromatic rings. The van der Waals surface area contributed by atoms with Crippen molar-refractivity contribution in [2.24, 2.45) is 0 Å². The van der Waals surface area contributed by atoms with E-state index < -0.39 is 0 Å². The fraction of sp³-hybridized carbons (Fsp3) is 0.600. The van der Waals surface area contributed by atoms with Crippen LogP contribution in [0.25, 0.3) is 0 Å². The predicted molar refractivity (Wildman–Crippen MR) is 73.8 cm³/mol. The van der Waals surface area contributed by atoms with Crippen LogP contribution in [0.15, 0.2) is 18.2 Å².